The van der Waals surface area contributed by atoms with Crippen molar-refractivity contribution in [3.05, 3.63) is 11.6 Å². The summed E-state index contributed by atoms with van der Waals surface area (Å²) in [7, 11) is 3.13. The van der Waals surface area contributed by atoms with Crippen LogP contribution in [0.3, 0.4) is 0 Å². The second kappa shape index (κ2) is 4.35. The lowest BCUT2D eigenvalue weighted by atomic mass is 10.1. The predicted molar refractivity (Wildman–Crippen MR) is 46.3 cm³/mol. The average molecular weight is 165 g/mol. The summed E-state index contributed by atoms with van der Waals surface area (Å²) in [5, 5.41) is 0. The highest BCUT2D eigenvalue weighted by molar-refractivity contribution is 6.18. The number of amides is 1. The van der Waals surface area contributed by atoms with Crippen LogP contribution < -0.4 is 0 Å². The highest BCUT2D eigenvalue weighted by Gasteiger charge is 2.14. The molecule has 3 heteroatoms. The number of hydrogen-bond acceptors (Lipinski definition) is 2. The van der Waals surface area contributed by atoms with Crippen molar-refractivity contribution in [2.45, 2.75) is 6.92 Å². The Bertz CT molecular complexity index is 269. The van der Waals surface area contributed by atoms with Crippen LogP contribution in [0.2, 0.25) is 0 Å². The van der Waals surface area contributed by atoms with Gasteiger partial charge < -0.3 is 4.90 Å². The molecule has 0 rings (SSSR count). The van der Waals surface area contributed by atoms with Gasteiger partial charge in [0, 0.05) is 20.2 Å². The molecule has 0 bridgehead atoms. The molecule has 0 N–H and O–H groups in total. The fourth-order valence-corrected chi connectivity index (χ4v) is 0.638. The topological polar surface area (TPSA) is 37.4 Å². The van der Waals surface area contributed by atoms with Crippen LogP contribution in [0, 0.1) is 12.3 Å². The van der Waals surface area contributed by atoms with E-state index in [1.54, 1.807) is 14.1 Å². The van der Waals surface area contributed by atoms with Gasteiger partial charge in [-0.15, -0.1) is 6.42 Å². The van der Waals surface area contributed by atoms with E-state index in [9.17, 15) is 9.59 Å². The van der Waals surface area contributed by atoms with Gasteiger partial charge in [0.15, 0.2) is 5.78 Å². The molecule has 0 aliphatic heterocycles. The fourth-order valence-electron chi connectivity index (χ4n) is 0.638. The first-order valence-corrected chi connectivity index (χ1v) is 3.39. The minimum Gasteiger partial charge on any atom is -0.345 e. The lowest BCUT2D eigenvalue weighted by Gasteiger charge is -2.09. The van der Waals surface area contributed by atoms with Gasteiger partial charge >= 0.3 is 0 Å². The van der Waals surface area contributed by atoms with E-state index in [0.29, 0.717) is 0 Å². The summed E-state index contributed by atoms with van der Waals surface area (Å²) in [5.41, 5.74) is 0.0440. The van der Waals surface area contributed by atoms with Crippen molar-refractivity contribution in [3.63, 3.8) is 0 Å². The fraction of sp³-hybridized carbons (Fsp3) is 0.333. The highest BCUT2D eigenvalue weighted by Crippen LogP contribution is 1.99. The van der Waals surface area contributed by atoms with E-state index < -0.39 is 0 Å². The molecular formula is C9H11NO2. The van der Waals surface area contributed by atoms with Crippen molar-refractivity contribution in [1.82, 2.24) is 4.90 Å². The largest absolute Gasteiger partial charge is 0.345 e. The number of terminal acetylenes is 1. The van der Waals surface area contributed by atoms with Gasteiger partial charge in [-0.1, -0.05) is 5.92 Å². The molecule has 0 atom stereocenters. The molecule has 0 spiro atoms. The Morgan fingerprint density at radius 3 is 2.17 bits per heavy atom. The van der Waals surface area contributed by atoms with Crippen LogP contribution in [0.25, 0.3) is 0 Å². The number of Topliss-reactive ketones (excluding diaryl/α,β-unsaturated/α-hetero) is 1. The molecule has 12 heavy (non-hydrogen) atoms. The molecule has 0 radical (unpaired) electrons. The van der Waals surface area contributed by atoms with Crippen molar-refractivity contribution in [2.75, 3.05) is 14.1 Å². The van der Waals surface area contributed by atoms with Crippen LogP contribution in [0.5, 0.6) is 0 Å². The molecular weight excluding hydrogens is 154 g/mol. The van der Waals surface area contributed by atoms with Crippen LogP contribution >= 0.6 is 0 Å². The summed E-state index contributed by atoms with van der Waals surface area (Å²) in [6, 6.07) is 0. The molecule has 64 valence electrons. The number of rotatable bonds is 2. The van der Waals surface area contributed by atoms with E-state index >= 15 is 0 Å². The Balaban J connectivity index is 4.80. The normalized spacial score (nSPS) is 10.3. The predicted octanol–water partition coefficient (Wildman–Crippen LogP) is 0.223. The van der Waals surface area contributed by atoms with Crippen molar-refractivity contribution >= 4 is 11.7 Å². The first kappa shape index (κ1) is 10.4. The van der Waals surface area contributed by atoms with Crippen molar-refractivity contribution < 1.29 is 9.59 Å². The number of likely N-dealkylation sites (N-methyl/N-ethyl adjacent to an activating group) is 1. The number of hydrogen-bond donors (Lipinski definition) is 0. The Morgan fingerprint density at radius 1 is 1.42 bits per heavy atom. The van der Waals surface area contributed by atoms with E-state index in [1.165, 1.54) is 17.9 Å². The third kappa shape index (κ3) is 2.59. The maximum Gasteiger partial charge on any atom is 0.257 e. The third-order valence-electron chi connectivity index (χ3n) is 1.24. The summed E-state index contributed by atoms with van der Waals surface area (Å²) < 4.78 is 0. The van der Waals surface area contributed by atoms with Gasteiger partial charge in [-0.25, -0.2) is 0 Å². The van der Waals surface area contributed by atoms with Gasteiger partial charge in [0.05, 0.1) is 5.57 Å². The van der Waals surface area contributed by atoms with E-state index in [-0.39, 0.29) is 17.3 Å². The van der Waals surface area contributed by atoms with E-state index in [0.717, 1.165) is 0 Å². The quantitative estimate of drug-likeness (QED) is 0.254. The molecule has 0 aromatic heterocycles. The number of carbonyl (C=O) groups excluding carboxylic acids is 2. The minimum absolute atomic E-state index is 0.0440. The second-order valence-electron chi connectivity index (χ2n) is 2.48. The smallest absolute Gasteiger partial charge is 0.257 e. The molecule has 0 aliphatic carbocycles. The summed E-state index contributed by atoms with van der Waals surface area (Å²) in [6.45, 7) is 1.31. The van der Waals surface area contributed by atoms with Crippen molar-refractivity contribution in [1.29, 1.82) is 0 Å². The summed E-state index contributed by atoms with van der Waals surface area (Å²) in [5.74, 6) is 1.48. The van der Waals surface area contributed by atoms with E-state index in [4.69, 9.17) is 6.42 Å². The minimum atomic E-state index is -0.361. The van der Waals surface area contributed by atoms with Crippen LogP contribution in [0.15, 0.2) is 11.6 Å². The first-order valence-electron chi connectivity index (χ1n) is 3.39. The maximum absolute atomic E-state index is 11.2. The standard InChI is InChI=1S/C9H11NO2/c1-5-6-8(7(2)11)9(12)10(3)4/h1,6H,2-4H3/b8-6+. The Hall–Kier alpha value is -1.56. The number of ketones is 1. The lowest BCUT2D eigenvalue weighted by molar-refractivity contribution is -0.127. The zero-order valence-corrected chi connectivity index (χ0v) is 7.42. The molecule has 0 aliphatic rings. The maximum atomic E-state index is 11.2. The summed E-state index contributed by atoms with van der Waals surface area (Å²) >= 11 is 0. The number of nitrogens with zero attached hydrogens (tertiary/aromatic N) is 1. The number of allylic oxidation sites excluding steroid dienone is 1. The van der Waals surface area contributed by atoms with Crippen molar-refractivity contribution in [3.8, 4) is 12.3 Å². The van der Waals surface area contributed by atoms with E-state index in [1.807, 2.05) is 0 Å². The zero-order valence-electron chi connectivity index (χ0n) is 7.42. The lowest BCUT2D eigenvalue weighted by Crippen LogP contribution is -2.26. The van der Waals surface area contributed by atoms with Crippen LogP contribution in [-0.2, 0) is 9.59 Å². The third-order valence-corrected chi connectivity index (χ3v) is 1.24. The summed E-state index contributed by atoms with van der Waals surface area (Å²) in [4.78, 5) is 23.4. The van der Waals surface area contributed by atoms with Gasteiger partial charge in [0.25, 0.3) is 5.91 Å². The molecule has 3 nitrogen and oxygen atoms in total. The highest BCUT2D eigenvalue weighted by atomic mass is 16.2. The van der Waals surface area contributed by atoms with Crippen LogP contribution in [-0.4, -0.2) is 30.7 Å². The molecule has 0 fully saturated rings. The molecule has 0 heterocycles. The average Bonchev–Trinajstić information content (AvgIpc) is 1.98. The number of carbonyl (C=O) groups is 2. The monoisotopic (exact) mass is 165 g/mol. The Morgan fingerprint density at radius 2 is 1.92 bits per heavy atom. The first-order chi connectivity index (χ1) is 5.50. The second-order valence-corrected chi connectivity index (χ2v) is 2.48. The molecule has 0 aromatic carbocycles. The molecule has 1 amide bonds. The van der Waals surface area contributed by atoms with Gasteiger partial charge in [0.1, 0.15) is 0 Å². The van der Waals surface area contributed by atoms with E-state index in [2.05, 4.69) is 5.92 Å². The van der Waals surface area contributed by atoms with Crippen LogP contribution in [0.1, 0.15) is 6.92 Å². The Kier molecular flexibility index (Phi) is 3.78. The SMILES string of the molecule is C#C/C=C(\C(C)=O)C(=O)N(C)C. The molecule has 0 saturated carbocycles. The van der Waals surface area contributed by atoms with Gasteiger partial charge in [0.2, 0.25) is 0 Å². The summed E-state index contributed by atoms with van der Waals surface area (Å²) in [6.07, 6.45) is 6.14. The molecule has 0 saturated heterocycles. The Labute approximate surface area is 72.1 Å². The van der Waals surface area contributed by atoms with Crippen molar-refractivity contribution in [2.24, 2.45) is 0 Å². The van der Waals surface area contributed by atoms with Gasteiger partial charge in [-0.05, 0) is 6.92 Å². The van der Waals surface area contributed by atoms with Gasteiger partial charge in [-0.2, -0.15) is 0 Å². The van der Waals surface area contributed by atoms with Crippen LogP contribution in [0.4, 0.5) is 0 Å². The van der Waals surface area contributed by atoms with Gasteiger partial charge in [-0.3, -0.25) is 9.59 Å². The molecule has 0 aromatic rings. The zero-order chi connectivity index (χ0) is 9.72. The molecule has 0 unspecified atom stereocenters.